The van der Waals surface area contributed by atoms with Crippen molar-refractivity contribution in [2.75, 3.05) is 31.1 Å². The molecule has 3 nitrogen and oxygen atoms in total. The lowest BCUT2D eigenvalue weighted by atomic mass is 10.1. The molecule has 2 N–H and O–H groups in total. The van der Waals surface area contributed by atoms with E-state index in [2.05, 4.69) is 39.6 Å². The SMILES string of the molecule is CC(C)N1CCN(c2ccc(CN)c(Br)c2F)CC1. The van der Waals surface area contributed by atoms with Crippen LogP contribution in [-0.4, -0.2) is 37.1 Å². The summed E-state index contributed by atoms with van der Waals surface area (Å²) in [6.45, 7) is 8.43. The Morgan fingerprint density at radius 2 is 1.89 bits per heavy atom. The predicted molar refractivity (Wildman–Crippen MR) is 80.9 cm³/mol. The maximum Gasteiger partial charge on any atom is 0.160 e. The molecule has 0 amide bonds. The summed E-state index contributed by atoms with van der Waals surface area (Å²) in [6, 6.07) is 4.29. The van der Waals surface area contributed by atoms with Crippen LogP contribution in [0.15, 0.2) is 16.6 Å². The van der Waals surface area contributed by atoms with Crippen LogP contribution in [0.3, 0.4) is 0 Å². The zero-order valence-corrected chi connectivity index (χ0v) is 13.1. The summed E-state index contributed by atoms with van der Waals surface area (Å²) >= 11 is 3.30. The van der Waals surface area contributed by atoms with Gasteiger partial charge in [-0.25, -0.2) is 4.39 Å². The molecule has 1 heterocycles. The molecule has 0 bridgehead atoms. The summed E-state index contributed by atoms with van der Waals surface area (Å²) in [6.07, 6.45) is 0. The Morgan fingerprint density at radius 1 is 1.26 bits per heavy atom. The first-order chi connectivity index (χ1) is 9.04. The van der Waals surface area contributed by atoms with E-state index in [9.17, 15) is 4.39 Å². The Labute approximate surface area is 122 Å². The molecule has 1 aromatic rings. The van der Waals surface area contributed by atoms with Crippen molar-refractivity contribution in [2.45, 2.75) is 26.4 Å². The van der Waals surface area contributed by atoms with Gasteiger partial charge in [0.25, 0.3) is 0 Å². The molecule has 0 radical (unpaired) electrons. The van der Waals surface area contributed by atoms with Gasteiger partial charge in [-0.3, -0.25) is 4.90 Å². The van der Waals surface area contributed by atoms with E-state index in [-0.39, 0.29) is 5.82 Å². The molecule has 0 aliphatic carbocycles. The van der Waals surface area contributed by atoms with E-state index in [4.69, 9.17) is 5.73 Å². The zero-order chi connectivity index (χ0) is 14.0. The van der Waals surface area contributed by atoms with Crippen LogP contribution in [0.1, 0.15) is 19.4 Å². The fraction of sp³-hybridized carbons (Fsp3) is 0.571. The summed E-state index contributed by atoms with van der Waals surface area (Å²) in [7, 11) is 0. The predicted octanol–water partition coefficient (Wildman–Crippen LogP) is 2.58. The lowest BCUT2D eigenvalue weighted by Gasteiger charge is -2.38. The van der Waals surface area contributed by atoms with Crippen molar-refractivity contribution in [1.29, 1.82) is 0 Å². The molecule has 0 aromatic heterocycles. The third kappa shape index (κ3) is 3.09. The summed E-state index contributed by atoms with van der Waals surface area (Å²) < 4.78 is 14.8. The smallest absolute Gasteiger partial charge is 0.160 e. The van der Waals surface area contributed by atoms with Crippen molar-refractivity contribution in [3.05, 3.63) is 28.0 Å². The van der Waals surface area contributed by atoms with Gasteiger partial charge in [0.2, 0.25) is 0 Å². The van der Waals surface area contributed by atoms with Crippen LogP contribution >= 0.6 is 15.9 Å². The van der Waals surface area contributed by atoms with Gasteiger partial charge in [-0.1, -0.05) is 6.07 Å². The van der Waals surface area contributed by atoms with Crippen molar-refractivity contribution >= 4 is 21.6 Å². The second kappa shape index (κ2) is 6.20. The van der Waals surface area contributed by atoms with Crippen molar-refractivity contribution in [2.24, 2.45) is 5.73 Å². The largest absolute Gasteiger partial charge is 0.367 e. The quantitative estimate of drug-likeness (QED) is 0.925. The van der Waals surface area contributed by atoms with Crippen LogP contribution in [0.5, 0.6) is 0 Å². The monoisotopic (exact) mass is 329 g/mol. The summed E-state index contributed by atoms with van der Waals surface area (Å²) in [5.74, 6) is -0.194. The Bertz CT molecular complexity index is 443. The number of piperazine rings is 1. The number of hydrogen-bond acceptors (Lipinski definition) is 3. The number of anilines is 1. The van der Waals surface area contributed by atoms with Crippen LogP contribution in [0.25, 0.3) is 0 Å². The van der Waals surface area contributed by atoms with Crippen molar-refractivity contribution in [3.63, 3.8) is 0 Å². The highest BCUT2D eigenvalue weighted by molar-refractivity contribution is 9.10. The number of halogens is 2. The normalized spacial score (nSPS) is 17.3. The summed E-state index contributed by atoms with van der Waals surface area (Å²) in [5, 5.41) is 0. The van der Waals surface area contributed by atoms with Gasteiger partial charge in [-0.15, -0.1) is 0 Å². The lowest BCUT2D eigenvalue weighted by Crippen LogP contribution is -2.49. The molecule has 5 heteroatoms. The second-order valence-corrected chi connectivity index (χ2v) is 5.99. The molecule has 0 spiro atoms. The molecule has 1 saturated heterocycles. The van der Waals surface area contributed by atoms with Gasteiger partial charge in [-0.05, 0) is 41.4 Å². The maximum absolute atomic E-state index is 14.3. The minimum atomic E-state index is -0.194. The number of nitrogens with two attached hydrogens (primary N) is 1. The van der Waals surface area contributed by atoms with E-state index in [0.29, 0.717) is 22.7 Å². The highest BCUT2D eigenvalue weighted by Gasteiger charge is 2.22. The molecule has 0 atom stereocenters. The Kier molecular flexibility index (Phi) is 4.81. The fourth-order valence-electron chi connectivity index (χ4n) is 2.46. The van der Waals surface area contributed by atoms with Crippen LogP contribution in [-0.2, 0) is 6.54 Å². The van der Waals surface area contributed by atoms with Gasteiger partial charge in [0.05, 0.1) is 10.2 Å². The maximum atomic E-state index is 14.3. The Balaban J connectivity index is 2.14. The highest BCUT2D eigenvalue weighted by atomic mass is 79.9. The van der Waals surface area contributed by atoms with Gasteiger partial charge in [-0.2, -0.15) is 0 Å². The third-order valence-corrected chi connectivity index (χ3v) is 4.60. The Hall–Kier alpha value is -0.650. The summed E-state index contributed by atoms with van der Waals surface area (Å²) in [5.41, 5.74) is 7.06. The van der Waals surface area contributed by atoms with Gasteiger partial charge in [0.1, 0.15) is 0 Å². The minimum absolute atomic E-state index is 0.194. The number of hydrogen-bond donors (Lipinski definition) is 1. The van der Waals surface area contributed by atoms with Crippen molar-refractivity contribution in [3.8, 4) is 0 Å². The molecule has 2 rings (SSSR count). The molecule has 0 unspecified atom stereocenters. The molecule has 0 saturated carbocycles. The first kappa shape index (κ1) is 14.8. The lowest BCUT2D eigenvalue weighted by molar-refractivity contribution is 0.209. The van der Waals surface area contributed by atoms with Gasteiger partial charge in [0, 0.05) is 38.8 Å². The molecule has 1 aliphatic rings. The molecular weight excluding hydrogens is 309 g/mol. The minimum Gasteiger partial charge on any atom is -0.367 e. The van der Waals surface area contributed by atoms with E-state index in [1.54, 1.807) is 0 Å². The van der Waals surface area contributed by atoms with Crippen molar-refractivity contribution in [1.82, 2.24) is 4.90 Å². The number of rotatable bonds is 3. The zero-order valence-electron chi connectivity index (χ0n) is 11.5. The van der Waals surface area contributed by atoms with Crippen LogP contribution in [0.2, 0.25) is 0 Å². The molecular formula is C14H21BrFN3. The first-order valence-electron chi connectivity index (χ1n) is 6.70. The number of benzene rings is 1. The van der Waals surface area contributed by atoms with Crippen LogP contribution in [0.4, 0.5) is 10.1 Å². The average molecular weight is 330 g/mol. The van der Waals surface area contributed by atoms with Gasteiger partial charge in [0.15, 0.2) is 5.82 Å². The van der Waals surface area contributed by atoms with E-state index in [0.717, 1.165) is 31.7 Å². The average Bonchev–Trinajstić information content (AvgIpc) is 2.42. The van der Waals surface area contributed by atoms with Crippen LogP contribution in [0, 0.1) is 5.82 Å². The van der Waals surface area contributed by atoms with E-state index < -0.39 is 0 Å². The van der Waals surface area contributed by atoms with Gasteiger partial charge < -0.3 is 10.6 Å². The highest BCUT2D eigenvalue weighted by Crippen LogP contribution is 2.30. The fourth-order valence-corrected chi connectivity index (χ4v) is 2.96. The van der Waals surface area contributed by atoms with E-state index >= 15 is 0 Å². The molecule has 19 heavy (non-hydrogen) atoms. The molecule has 1 aliphatic heterocycles. The first-order valence-corrected chi connectivity index (χ1v) is 7.49. The Morgan fingerprint density at radius 3 is 2.42 bits per heavy atom. The molecule has 1 aromatic carbocycles. The standard InChI is InChI=1S/C14H21BrFN3/c1-10(2)18-5-7-19(8-6-18)12-4-3-11(9-17)13(15)14(12)16/h3-4,10H,5-9,17H2,1-2H3. The van der Waals surface area contributed by atoms with E-state index in [1.807, 2.05) is 12.1 Å². The molecule has 1 fully saturated rings. The molecule has 106 valence electrons. The second-order valence-electron chi connectivity index (χ2n) is 5.19. The number of nitrogens with zero attached hydrogens (tertiary/aromatic N) is 2. The third-order valence-electron chi connectivity index (χ3n) is 3.75. The van der Waals surface area contributed by atoms with Crippen molar-refractivity contribution < 1.29 is 4.39 Å². The van der Waals surface area contributed by atoms with Crippen LogP contribution < -0.4 is 10.6 Å². The topological polar surface area (TPSA) is 32.5 Å². The van der Waals surface area contributed by atoms with Gasteiger partial charge >= 0.3 is 0 Å². The summed E-state index contributed by atoms with van der Waals surface area (Å²) in [4.78, 5) is 4.52. The van der Waals surface area contributed by atoms with E-state index in [1.165, 1.54) is 0 Å².